The van der Waals surface area contributed by atoms with Gasteiger partial charge in [0.05, 0.1) is 11.4 Å². The van der Waals surface area contributed by atoms with Gasteiger partial charge in [-0.3, -0.25) is 4.99 Å². The van der Waals surface area contributed by atoms with Crippen LogP contribution in [0.2, 0.25) is 0 Å². The molecule has 0 amide bonds. The molecule has 0 spiro atoms. The molecule has 2 aromatic rings. The second kappa shape index (κ2) is 8.52. The van der Waals surface area contributed by atoms with Crippen LogP contribution in [0.25, 0.3) is 0 Å². The molecule has 0 aromatic carbocycles. The second-order valence-electron chi connectivity index (χ2n) is 5.64. The Balaban J connectivity index is 1.88. The van der Waals surface area contributed by atoms with Gasteiger partial charge in [-0.25, -0.2) is 0 Å². The largest absolute Gasteiger partial charge is 0.361 e. The van der Waals surface area contributed by atoms with Crippen LogP contribution in [0.4, 0.5) is 0 Å². The molecule has 7 nitrogen and oxygen atoms in total. The zero-order chi connectivity index (χ0) is 17.5. The molecular formula is C17H27N5O2. The molecule has 132 valence electrons. The Labute approximate surface area is 142 Å². The van der Waals surface area contributed by atoms with E-state index in [1.54, 1.807) is 7.05 Å². The highest BCUT2D eigenvalue weighted by Gasteiger charge is 2.14. The highest BCUT2D eigenvalue weighted by molar-refractivity contribution is 5.79. The third-order valence-corrected chi connectivity index (χ3v) is 4.11. The van der Waals surface area contributed by atoms with Gasteiger partial charge in [-0.1, -0.05) is 24.2 Å². The summed E-state index contributed by atoms with van der Waals surface area (Å²) in [5.74, 6) is 2.57. The zero-order valence-corrected chi connectivity index (χ0v) is 15.2. The number of aryl methyl sites for hydroxylation is 4. The zero-order valence-electron chi connectivity index (χ0n) is 15.2. The lowest BCUT2D eigenvalue weighted by molar-refractivity contribution is 0.380. The fourth-order valence-electron chi connectivity index (χ4n) is 2.70. The molecule has 0 atom stereocenters. The van der Waals surface area contributed by atoms with Crippen molar-refractivity contribution >= 4 is 5.96 Å². The van der Waals surface area contributed by atoms with Crippen LogP contribution in [0.3, 0.4) is 0 Å². The van der Waals surface area contributed by atoms with Gasteiger partial charge in [0, 0.05) is 37.7 Å². The standard InChI is InChI=1S/C17H27N5O2/c1-6-15-14(16(7-2)24-22-15)10-20-17(18-5)19-9-8-13-11(3)21-23-12(13)4/h6-10H2,1-5H3,(H2,18,19,20). The van der Waals surface area contributed by atoms with Crippen LogP contribution < -0.4 is 10.6 Å². The van der Waals surface area contributed by atoms with Gasteiger partial charge in [0.15, 0.2) is 5.96 Å². The summed E-state index contributed by atoms with van der Waals surface area (Å²) in [6.07, 6.45) is 2.54. The predicted octanol–water partition coefficient (Wildman–Crippen LogP) is 2.31. The van der Waals surface area contributed by atoms with Crippen molar-refractivity contribution in [1.29, 1.82) is 0 Å². The van der Waals surface area contributed by atoms with Crippen molar-refractivity contribution < 1.29 is 9.05 Å². The van der Waals surface area contributed by atoms with Crippen LogP contribution >= 0.6 is 0 Å². The Morgan fingerprint density at radius 3 is 2.42 bits per heavy atom. The number of aliphatic imine (C=N–C) groups is 1. The van der Waals surface area contributed by atoms with Gasteiger partial charge in [0.25, 0.3) is 0 Å². The minimum atomic E-state index is 0.654. The molecule has 0 fully saturated rings. The van der Waals surface area contributed by atoms with Crippen molar-refractivity contribution in [2.75, 3.05) is 13.6 Å². The summed E-state index contributed by atoms with van der Waals surface area (Å²) < 4.78 is 10.6. The molecule has 0 aliphatic heterocycles. The van der Waals surface area contributed by atoms with Crippen molar-refractivity contribution in [3.05, 3.63) is 34.0 Å². The number of hydrogen-bond donors (Lipinski definition) is 2. The molecule has 24 heavy (non-hydrogen) atoms. The molecule has 2 aromatic heterocycles. The molecule has 0 aliphatic rings. The average Bonchev–Trinajstić information content (AvgIpc) is 3.14. The van der Waals surface area contributed by atoms with Crippen molar-refractivity contribution in [1.82, 2.24) is 20.9 Å². The first-order valence-electron chi connectivity index (χ1n) is 8.43. The number of aromatic nitrogens is 2. The van der Waals surface area contributed by atoms with E-state index in [9.17, 15) is 0 Å². The van der Waals surface area contributed by atoms with Crippen LogP contribution in [0, 0.1) is 13.8 Å². The van der Waals surface area contributed by atoms with Gasteiger partial charge in [-0.2, -0.15) is 0 Å². The van der Waals surface area contributed by atoms with Crippen molar-refractivity contribution in [3.63, 3.8) is 0 Å². The first kappa shape index (κ1) is 18.0. The molecule has 2 rings (SSSR count). The predicted molar refractivity (Wildman–Crippen MR) is 93.1 cm³/mol. The molecule has 0 aliphatic carbocycles. The fourth-order valence-corrected chi connectivity index (χ4v) is 2.70. The topological polar surface area (TPSA) is 88.5 Å². The number of nitrogens with zero attached hydrogens (tertiary/aromatic N) is 3. The van der Waals surface area contributed by atoms with E-state index in [2.05, 4.69) is 39.8 Å². The Kier molecular flexibility index (Phi) is 6.40. The van der Waals surface area contributed by atoms with Crippen LogP contribution in [0.15, 0.2) is 14.0 Å². The summed E-state index contributed by atoms with van der Waals surface area (Å²) in [5.41, 5.74) is 4.24. The maximum Gasteiger partial charge on any atom is 0.191 e. The Hall–Kier alpha value is -2.31. The maximum atomic E-state index is 5.39. The van der Waals surface area contributed by atoms with Crippen molar-refractivity contribution in [2.24, 2.45) is 4.99 Å². The highest BCUT2D eigenvalue weighted by atomic mass is 16.5. The molecule has 7 heteroatoms. The first-order valence-corrected chi connectivity index (χ1v) is 8.43. The van der Waals surface area contributed by atoms with Gasteiger partial charge in [-0.05, 0) is 26.7 Å². The third-order valence-electron chi connectivity index (χ3n) is 4.11. The molecule has 0 radical (unpaired) electrons. The maximum absolute atomic E-state index is 5.39. The molecule has 2 N–H and O–H groups in total. The highest BCUT2D eigenvalue weighted by Crippen LogP contribution is 2.15. The van der Waals surface area contributed by atoms with Crippen LogP contribution in [-0.4, -0.2) is 29.9 Å². The van der Waals surface area contributed by atoms with E-state index in [0.29, 0.717) is 6.54 Å². The lowest BCUT2D eigenvalue weighted by atomic mass is 10.1. The van der Waals surface area contributed by atoms with E-state index in [1.807, 2.05) is 13.8 Å². The van der Waals surface area contributed by atoms with Crippen LogP contribution in [0.5, 0.6) is 0 Å². The van der Waals surface area contributed by atoms with Crippen molar-refractivity contribution in [3.8, 4) is 0 Å². The SMILES string of the molecule is CCc1noc(CC)c1CNC(=NC)NCCc1c(C)noc1C. The lowest BCUT2D eigenvalue weighted by Gasteiger charge is -2.12. The smallest absolute Gasteiger partial charge is 0.191 e. The van der Waals surface area contributed by atoms with Crippen LogP contribution in [-0.2, 0) is 25.8 Å². The molecule has 0 saturated carbocycles. The fraction of sp³-hybridized carbons (Fsp3) is 0.588. The normalized spacial score (nSPS) is 11.8. The van der Waals surface area contributed by atoms with Gasteiger partial charge in [0.1, 0.15) is 11.5 Å². The van der Waals surface area contributed by atoms with E-state index < -0.39 is 0 Å². The van der Waals surface area contributed by atoms with E-state index in [0.717, 1.165) is 65.8 Å². The molecule has 0 unspecified atom stereocenters. The number of hydrogen-bond acceptors (Lipinski definition) is 5. The van der Waals surface area contributed by atoms with Gasteiger partial charge in [-0.15, -0.1) is 0 Å². The molecule has 0 bridgehead atoms. The van der Waals surface area contributed by atoms with E-state index >= 15 is 0 Å². The van der Waals surface area contributed by atoms with Gasteiger partial charge >= 0.3 is 0 Å². The minimum Gasteiger partial charge on any atom is -0.361 e. The van der Waals surface area contributed by atoms with Crippen molar-refractivity contribution in [2.45, 2.75) is 53.5 Å². The van der Waals surface area contributed by atoms with Gasteiger partial charge < -0.3 is 19.7 Å². The van der Waals surface area contributed by atoms with Crippen LogP contribution in [0.1, 0.15) is 47.9 Å². The summed E-state index contributed by atoms with van der Waals surface area (Å²) in [4.78, 5) is 4.27. The summed E-state index contributed by atoms with van der Waals surface area (Å²) >= 11 is 0. The molecule has 0 saturated heterocycles. The minimum absolute atomic E-state index is 0.654. The summed E-state index contributed by atoms with van der Waals surface area (Å²) in [6.45, 7) is 9.46. The molecule has 2 heterocycles. The van der Waals surface area contributed by atoms with Gasteiger partial charge in [0.2, 0.25) is 0 Å². The monoisotopic (exact) mass is 333 g/mol. The lowest BCUT2D eigenvalue weighted by Crippen LogP contribution is -2.38. The summed E-state index contributed by atoms with van der Waals surface area (Å²) in [6, 6.07) is 0. The number of guanidine groups is 1. The third kappa shape index (κ3) is 4.15. The Morgan fingerprint density at radius 2 is 1.83 bits per heavy atom. The quantitative estimate of drug-likeness (QED) is 0.597. The number of nitrogens with one attached hydrogen (secondary N) is 2. The Bertz CT molecular complexity index is 646. The first-order chi connectivity index (χ1) is 11.6. The average molecular weight is 333 g/mol. The summed E-state index contributed by atoms with van der Waals surface area (Å²) in [5, 5.41) is 14.8. The Morgan fingerprint density at radius 1 is 1.04 bits per heavy atom. The number of rotatable bonds is 7. The summed E-state index contributed by atoms with van der Waals surface area (Å²) in [7, 11) is 1.76. The van der Waals surface area contributed by atoms with E-state index in [4.69, 9.17) is 9.05 Å². The van der Waals surface area contributed by atoms with E-state index in [1.165, 1.54) is 0 Å². The molecular weight excluding hydrogens is 306 g/mol. The second-order valence-corrected chi connectivity index (χ2v) is 5.64. The van der Waals surface area contributed by atoms with E-state index in [-0.39, 0.29) is 0 Å².